The molecule has 1 aromatic carbocycles. The van der Waals surface area contributed by atoms with Crippen LogP contribution in [-0.4, -0.2) is 26.4 Å². The molecule has 0 saturated carbocycles. The number of cyclic esters (lactones) is 1. The van der Waals surface area contributed by atoms with Crippen LogP contribution < -0.4 is 14.8 Å². The van der Waals surface area contributed by atoms with E-state index in [1.165, 1.54) is 0 Å². The number of hydrogen-bond donors (Lipinski definition) is 1. The first-order chi connectivity index (χ1) is 9.09. The van der Waals surface area contributed by atoms with Gasteiger partial charge in [0.05, 0.1) is 20.3 Å². The molecule has 1 fully saturated rings. The van der Waals surface area contributed by atoms with Crippen molar-refractivity contribution in [3.63, 3.8) is 0 Å². The van der Waals surface area contributed by atoms with Crippen LogP contribution in [0.5, 0.6) is 11.5 Å². The third-order valence-corrected chi connectivity index (χ3v) is 3.12. The van der Waals surface area contributed by atoms with Crippen molar-refractivity contribution in [1.29, 1.82) is 0 Å². The standard InChI is InChI=1S/C14H19NO4/c1-4-7-18-12-8-10(5-6-11(12)17-3)14(2)9-15-13(16)19-14/h5-6,8H,4,7,9H2,1-3H3,(H,15,16)/t14-/m0/s1. The lowest BCUT2D eigenvalue weighted by atomic mass is 9.96. The van der Waals surface area contributed by atoms with Crippen molar-refractivity contribution in [3.05, 3.63) is 23.8 Å². The van der Waals surface area contributed by atoms with Gasteiger partial charge in [-0.2, -0.15) is 0 Å². The molecular formula is C14H19NO4. The SMILES string of the molecule is CCCOc1cc([C@]2(C)CNC(=O)O2)ccc1OC. The molecule has 1 N–H and O–H groups in total. The van der Waals surface area contributed by atoms with E-state index in [1.807, 2.05) is 32.0 Å². The number of methoxy groups -OCH3 is 1. The summed E-state index contributed by atoms with van der Waals surface area (Å²) in [5, 5.41) is 2.67. The van der Waals surface area contributed by atoms with Gasteiger partial charge in [0.15, 0.2) is 17.1 Å². The molecule has 1 aliphatic rings. The Bertz CT molecular complexity index is 475. The Labute approximate surface area is 112 Å². The molecule has 1 atom stereocenters. The second-order valence-electron chi connectivity index (χ2n) is 4.69. The third-order valence-electron chi connectivity index (χ3n) is 3.12. The minimum Gasteiger partial charge on any atom is -0.493 e. The summed E-state index contributed by atoms with van der Waals surface area (Å²) in [6.07, 6.45) is 0.524. The normalized spacial score (nSPS) is 21.7. The summed E-state index contributed by atoms with van der Waals surface area (Å²) in [6, 6.07) is 5.59. The maximum absolute atomic E-state index is 11.2. The van der Waals surface area contributed by atoms with Gasteiger partial charge in [0.1, 0.15) is 0 Å². The second-order valence-corrected chi connectivity index (χ2v) is 4.69. The van der Waals surface area contributed by atoms with Crippen molar-refractivity contribution in [1.82, 2.24) is 5.32 Å². The van der Waals surface area contributed by atoms with Crippen LogP contribution in [0.15, 0.2) is 18.2 Å². The summed E-state index contributed by atoms with van der Waals surface area (Å²) in [5.41, 5.74) is 0.228. The van der Waals surface area contributed by atoms with Gasteiger partial charge in [-0.25, -0.2) is 4.79 Å². The molecule has 19 heavy (non-hydrogen) atoms. The van der Waals surface area contributed by atoms with Gasteiger partial charge >= 0.3 is 6.09 Å². The van der Waals surface area contributed by atoms with Crippen LogP contribution in [0, 0.1) is 0 Å². The third kappa shape index (κ3) is 2.75. The monoisotopic (exact) mass is 265 g/mol. The minimum absolute atomic E-state index is 0.394. The number of benzene rings is 1. The lowest BCUT2D eigenvalue weighted by molar-refractivity contribution is 0.0701. The van der Waals surface area contributed by atoms with E-state index in [9.17, 15) is 4.79 Å². The summed E-state index contributed by atoms with van der Waals surface area (Å²) < 4.78 is 16.3. The van der Waals surface area contributed by atoms with Crippen LogP contribution in [0.3, 0.4) is 0 Å². The number of ether oxygens (including phenoxy) is 3. The van der Waals surface area contributed by atoms with E-state index >= 15 is 0 Å². The van der Waals surface area contributed by atoms with Crippen molar-refractivity contribution >= 4 is 6.09 Å². The zero-order valence-electron chi connectivity index (χ0n) is 11.5. The number of rotatable bonds is 5. The smallest absolute Gasteiger partial charge is 0.408 e. The minimum atomic E-state index is -0.659. The molecule has 0 radical (unpaired) electrons. The first-order valence-electron chi connectivity index (χ1n) is 6.37. The summed E-state index contributed by atoms with van der Waals surface area (Å²) in [5.74, 6) is 1.35. The summed E-state index contributed by atoms with van der Waals surface area (Å²) in [6.45, 7) is 4.98. The molecular weight excluding hydrogens is 246 g/mol. The van der Waals surface area contributed by atoms with Gasteiger partial charge in [-0.3, -0.25) is 0 Å². The van der Waals surface area contributed by atoms with E-state index in [0.717, 1.165) is 12.0 Å². The van der Waals surface area contributed by atoms with Crippen LogP contribution in [0.25, 0.3) is 0 Å². The van der Waals surface area contributed by atoms with Gasteiger partial charge in [-0.15, -0.1) is 0 Å². The molecule has 1 saturated heterocycles. The first-order valence-corrected chi connectivity index (χ1v) is 6.37. The zero-order valence-corrected chi connectivity index (χ0v) is 11.5. The molecule has 0 unspecified atom stereocenters. The van der Waals surface area contributed by atoms with Gasteiger partial charge < -0.3 is 19.5 Å². The van der Waals surface area contributed by atoms with Crippen LogP contribution >= 0.6 is 0 Å². The fourth-order valence-corrected chi connectivity index (χ4v) is 2.01. The maximum Gasteiger partial charge on any atom is 0.408 e. The predicted octanol–water partition coefficient (Wildman–Crippen LogP) is 2.44. The molecule has 5 nitrogen and oxygen atoms in total. The van der Waals surface area contributed by atoms with Gasteiger partial charge in [-0.1, -0.05) is 13.0 Å². The highest BCUT2D eigenvalue weighted by molar-refractivity contribution is 5.70. The van der Waals surface area contributed by atoms with Crippen molar-refractivity contribution in [3.8, 4) is 11.5 Å². The van der Waals surface area contributed by atoms with E-state index in [1.54, 1.807) is 7.11 Å². The highest BCUT2D eigenvalue weighted by Gasteiger charge is 2.37. The predicted molar refractivity (Wildman–Crippen MR) is 70.6 cm³/mol. The Morgan fingerprint density at radius 2 is 2.21 bits per heavy atom. The number of carbonyl (C=O) groups excluding carboxylic acids is 1. The number of hydrogen-bond acceptors (Lipinski definition) is 4. The van der Waals surface area contributed by atoms with Gasteiger partial charge in [-0.05, 0) is 25.5 Å². The van der Waals surface area contributed by atoms with E-state index in [-0.39, 0.29) is 0 Å². The molecule has 1 amide bonds. The van der Waals surface area contributed by atoms with Crippen molar-refractivity contribution in [2.75, 3.05) is 20.3 Å². The maximum atomic E-state index is 11.2. The summed E-state index contributed by atoms with van der Waals surface area (Å²) in [4.78, 5) is 11.2. The molecule has 1 aliphatic heterocycles. The largest absolute Gasteiger partial charge is 0.493 e. The van der Waals surface area contributed by atoms with Crippen LogP contribution in [-0.2, 0) is 10.3 Å². The quantitative estimate of drug-likeness (QED) is 0.888. The molecule has 2 rings (SSSR count). The van der Waals surface area contributed by atoms with Crippen LogP contribution in [0.2, 0.25) is 0 Å². The average Bonchev–Trinajstić information content (AvgIpc) is 2.77. The van der Waals surface area contributed by atoms with Crippen LogP contribution in [0.1, 0.15) is 25.8 Å². The van der Waals surface area contributed by atoms with E-state index < -0.39 is 11.7 Å². The van der Waals surface area contributed by atoms with Gasteiger partial charge in [0.25, 0.3) is 0 Å². The molecule has 0 bridgehead atoms. The number of alkyl carbamates (subject to hydrolysis) is 1. The Balaban J connectivity index is 2.29. The Kier molecular flexibility index (Phi) is 3.83. The van der Waals surface area contributed by atoms with E-state index in [2.05, 4.69) is 5.32 Å². The highest BCUT2D eigenvalue weighted by atomic mass is 16.6. The molecule has 1 heterocycles. The zero-order chi connectivity index (χ0) is 13.9. The van der Waals surface area contributed by atoms with E-state index in [0.29, 0.717) is 24.7 Å². The second kappa shape index (κ2) is 5.38. The molecule has 1 aromatic rings. The molecule has 0 aromatic heterocycles. The summed E-state index contributed by atoms with van der Waals surface area (Å²) >= 11 is 0. The summed E-state index contributed by atoms with van der Waals surface area (Å²) in [7, 11) is 1.60. The van der Waals surface area contributed by atoms with Crippen LogP contribution in [0.4, 0.5) is 4.79 Å². The first kappa shape index (κ1) is 13.5. The van der Waals surface area contributed by atoms with E-state index in [4.69, 9.17) is 14.2 Å². The lowest BCUT2D eigenvalue weighted by Crippen LogP contribution is -2.26. The Morgan fingerprint density at radius 1 is 1.42 bits per heavy atom. The van der Waals surface area contributed by atoms with Gasteiger partial charge in [0, 0.05) is 5.56 Å². The molecule has 104 valence electrons. The average molecular weight is 265 g/mol. The molecule has 5 heteroatoms. The van der Waals surface area contributed by atoms with Crippen molar-refractivity contribution < 1.29 is 19.0 Å². The fraction of sp³-hybridized carbons (Fsp3) is 0.500. The topological polar surface area (TPSA) is 56.8 Å². The van der Waals surface area contributed by atoms with Crippen molar-refractivity contribution in [2.24, 2.45) is 0 Å². The fourth-order valence-electron chi connectivity index (χ4n) is 2.01. The molecule has 0 aliphatic carbocycles. The molecule has 0 spiro atoms. The number of amides is 1. The highest BCUT2D eigenvalue weighted by Crippen LogP contribution is 2.35. The Hall–Kier alpha value is -1.91. The van der Waals surface area contributed by atoms with Gasteiger partial charge in [0.2, 0.25) is 0 Å². The Morgan fingerprint density at radius 3 is 2.79 bits per heavy atom. The van der Waals surface area contributed by atoms with Crippen molar-refractivity contribution in [2.45, 2.75) is 25.9 Å². The number of nitrogens with one attached hydrogen (secondary N) is 1. The number of carbonyl (C=O) groups is 1. The lowest BCUT2D eigenvalue weighted by Gasteiger charge is -2.23.